The second-order valence-electron chi connectivity index (χ2n) is 8.58. The molecular formula is C27H23N5O3. The van der Waals surface area contributed by atoms with Crippen LogP contribution in [-0.4, -0.2) is 24.7 Å². The summed E-state index contributed by atoms with van der Waals surface area (Å²) in [5.41, 5.74) is 7.94. The van der Waals surface area contributed by atoms with Crippen molar-refractivity contribution < 1.29 is 9.26 Å². The van der Waals surface area contributed by atoms with Crippen LogP contribution in [0.2, 0.25) is 0 Å². The number of hydrogen-bond acceptors (Lipinski definition) is 6. The highest BCUT2D eigenvalue weighted by Crippen LogP contribution is 2.38. The number of nitrogens with one attached hydrogen (secondary N) is 1. The third-order valence-corrected chi connectivity index (χ3v) is 6.34. The van der Waals surface area contributed by atoms with Crippen molar-refractivity contribution >= 4 is 22.8 Å². The number of benzene rings is 2. The molecule has 0 fully saturated rings. The summed E-state index contributed by atoms with van der Waals surface area (Å²) in [7, 11) is 0. The van der Waals surface area contributed by atoms with Gasteiger partial charge in [-0.3, -0.25) is 9.51 Å². The molecule has 0 bridgehead atoms. The molecule has 8 nitrogen and oxygen atoms in total. The summed E-state index contributed by atoms with van der Waals surface area (Å²) in [4.78, 5) is 23.6. The lowest BCUT2D eigenvalue weighted by molar-refractivity contribution is 0.307. The molecule has 4 heterocycles. The maximum atomic E-state index is 11.5. The van der Waals surface area contributed by atoms with Gasteiger partial charge in [0.1, 0.15) is 23.7 Å². The molecule has 0 unspecified atom stereocenters. The first-order valence-corrected chi connectivity index (χ1v) is 11.5. The monoisotopic (exact) mass is 465 g/mol. The number of fused-ring (bicyclic) bond motifs is 3. The van der Waals surface area contributed by atoms with Gasteiger partial charge in [0, 0.05) is 18.2 Å². The van der Waals surface area contributed by atoms with Gasteiger partial charge in [-0.05, 0) is 53.0 Å². The molecule has 2 aromatic carbocycles. The van der Waals surface area contributed by atoms with E-state index in [2.05, 4.69) is 51.7 Å². The summed E-state index contributed by atoms with van der Waals surface area (Å²) in [6, 6.07) is 16.3. The van der Waals surface area contributed by atoms with Crippen molar-refractivity contribution in [2.24, 2.45) is 0 Å². The van der Waals surface area contributed by atoms with Crippen LogP contribution in [0, 0.1) is 6.92 Å². The van der Waals surface area contributed by atoms with Crippen LogP contribution < -0.4 is 10.5 Å². The molecule has 0 spiro atoms. The molecule has 0 amide bonds. The third kappa shape index (κ3) is 3.73. The lowest BCUT2D eigenvalue weighted by Gasteiger charge is -2.13. The van der Waals surface area contributed by atoms with Crippen molar-refractivity contribution in [2.45, 2.75) is 33.4 Å². The summed E-state index contributed by atoms with van der Waals surface area (Å²) in [6.07, 6.45) is 4.47. The fourth-order valence-corrected chi connectivity index (χ4v) is 4.61. The Labute approximate surface area is 200 Å². The summed E-state index contributed by atoms with van der Waals surface area (Å²) >= 11 is 0. The second-order valence-corrected chi connectivity index (χ2v) is 8.58. The zero-order valence-corrected chi connectivity index (χ0v) is 19.4. The first-order valence-electron chi connectivity index (χ1n) is 11.5. The quantitative estimate of drug-likeness (QED) is 0.419. The molecule has 6 rings (SSSR count). The van der Waals surface area contributed by atoms with Crippen LogP contribution in [-0.2, 0) is 19.6 Å². The number of nitrogens with zero attached hydrogens (tertiary/aromatic N) is 4. The molecule has 1 aliphatic heterocycles. The molecule has 0 atom stereocenters. The van der Waals surface area contributed by atoms with Crippen molar-refractivity contribution in [3.63, 3.8) is 0 Å². The van der Waals surface area contributed by atoms with Gasteiger partial charge >= 0.3 is 5.76 Å². The molecule has 0 saturated carbocycles. The van der Waals surface area contributed by atoms with Crippen LogP contribution in [0.4, 0.5) is 0 Å². The molecule has 0 aliphatic carbocycles. The zero-order chi connectivity index (χ0) is 23.9. The molecule has 174 valence electrons. The minimum absolute atomic E-state index is 0.357. The van der Waals surface area contributed by atoms with Crippen LogP contribution in [0.3, 0.4) is 0 Å². The number of aromatic nitrogens is 5. The molecule has 1 aliphatic rings. The van der Waals surface area contributed by atoms with Crippen molar-refractivity contribution in [2.75, 3.05) is 0 Å². The molecular weight excluding hydrogens is 442 g/mol. The highest BCUT2D eigenvalue weighted by molar-refractivity contribution is 5.93. The van der Waals surface area contributed by atoms with Gasteiger partial charge in [0.25, 0.3) is 0 Å². The fraction of sp³-hybridized carbons (Fsp3) is 0.185. The fourth-order valence-electron chi connectivity index (χ4n) is 4.61. The summed E-state index contributed by atoms with van der Waals surface area (Å²) < 4.78 is 13.2. The normalized spacial score (nSPS) is 13.9. The zero-order valence-electron chi connectivity index (χ0n) is 19.4. The molecule has 8 heteroatoms. The topological polar surface area (TPSA) is 98.8 Å². The maximum Gasteiger partial charge on any atom is 0.439 e. The average Bonchev–Trinajstić information content (AvgIpc) is 3.41. The van der Waals surface area contributed by atoms with E-state index >= 15 is 0 Å². The van der Waals surface area contributed by atoms with E-state index < -0.39 is 5.76 Å². The molecule has 0 radical (unpaired) electrons. The number of rotatable bonds is 4. The Balaban J connectivity index is 1.45. The van der Waals surface area contributed by atoms with Gasteiger partial charge < -0.3 is 9.30 Å². The number of hydrogen-bond donors (Lipinski definition) is 1. The van der Waals surface area contributed by atoms with E-state index in [1.165, 1.54) is 0 Å². The van der Waals surface area contributed by atoms with E-state index in [1.807, 2.05) is 42.6 Å². The van der Waals surface area contributed by atoms with Gasteiger partial charge in [-0.1, -0.05) is 48.5 Å². The Hall–Kier alpha value is -4.46. The van der Waals surface area contributed by atoms with E-state index in [0.717, 1.165) is 62.5 Å². The molecule has 3 aromatic heterocycles. The van der Waals surface area contributed by atoms with E-state index in [1.54, 1.807) is 0 Å². The predicted octanol–water partition coefficient (Wildman–Crippen LogP) is 4.51. The number of ether oxygens (including phenoxy) is 1. The molecule has 5 aromatic rings. The number of aryl methyl sites for hydroxylation is 2. The third-order valence-electron chi connectivity index (χ3n) is 6.34. The smallest absolute Gasteiger partial charge is 0.439 e. The van der Waals surface area contributed by atoms with Gasteiger partial charge in [-0.15, -0.1) is 0 Å². The average molecular weight is 466 g/mol. The van der Waals surface area contributed by atoms with Crippen LogP contribution in [0.1, 0.15) is 46.4 Å². The van der Waals surface area contributed by atoms with E-state index in [9.17, 15) is 4.79 Å². The van der Waals surface area contributed by atoms with Crippen molar-refractivity contribution in [1.29, 1.82) is 0 Å². The minimum Gasteiger partial charge on any atom is -0.488 e. The standard InChI is InChI=1S/C27H23N5O3/c1-3-24-30-25-16(2)10-11-28-26(25)32(24)14-17-8-9-20-21(13-23-29-27(33)35-31-23)19-7-5-4-6-18(19)15-34-22(20)12-17/h4-13H,3,14-15H2,1-2H3,(H,29,31,33)/b21-13+. The lowest BCUT2D eigenvalue weighted by atomic mass is 9.93. The van der Waals surface area contributed by atoms with Gasteiger partial charge in [-0.25, -0.2) is 14.8 Å². The Morgan fingerprint density at radius 3 is 2.86 bits per heavy atom. The molecule has 0 saturated heterocycles. The number of imidazole rings is 1. The SMILES string of the molecule is CCc1nc2c(C)ccnc2n1Cc1ccc2c(c1)OCc1ccccc1/C2=C\c1noc(=O)[nH]1. The van der Waals surface area contributed by atoms with Crippen molar-refractivity contribution in [1.82, 2.24) is 24.7 Å². The molecule has 1 N–H and O–H groups in total. The number of pyridine rings is 1. The molecule has 35 heavy (non-hydrogen) atoms. The van der Waals surface area contributed by atoms with E-state index in [0.29, 0.717) is 19.0 Å². The largest absolute Gasteiger partial charge is 0.488 e. The number of H-pyrrole nitrogens is 1. The van der Waals surface area contributed by atoms with Gasteiger partial charge in [0.2, 0.25) is 0 Å². The summed E-state index contributed by atoms with van der Waals surface area (Å²) in [5.74, 6) is 1.53. The van der Waals surface area contributed by atoms with Crippen LogP contribution in [0.5, 0.6) is 5.75 Å². The Kier molecular flexibility index (Phi) is 5.06. The maximum absolute atomic E-state index is 11.5. The van der Waals surface area contributed by atoms with E-state index in [4.69, 9.17) is 14.2 Å². The van der Waals surface area contributed by atoms with Gasteiger partial charge in [-0.2, -0.15) is 0 Å². The first kappa shape index (κ1) is 21.1. The first-order chi connectivity index (χ1) is 17.1. The second kappa shape index (κ2) is 8.39. The van der Waals surface area contributed by atoms with Crippen LogP contribution in [0.25, 0.3) is 22.8 Å². The highest BCUT2D eigenvalue weighted by Gasteiger charge is 2.21. The highest BCUT2D eigenvalue weighted by atomic mass is 16.5. The van der Waals surface area contributed by atoms with Crippen LogP contribution >= 0.6 is 0 Å². The Morgan fingerprint density at radius 1 is 1.14 bits per heavy atom. The van der Waals surface area contributed by atoms with Crippen LogP contribution in [0.15, 0.2) is 64.0 Å². The summed E-state index contributed by atoms with van der Waals surface area (Å²) in [5, 5.41) is 3.83. The predicted molar refractivity (Wildman–Crippen MR) is 132 cm³/mol. The number of aromatic amines is 1. The summed E-state index contributed by atoms with van der Waals surface area (Å²) in [6.45, 7) is 5.24. The Morgan fingerprint density at radius 2 is 2.03 bits per heavy atom. The van der Waals surface area contributed by atoms with Crippen molar-refractivity contribution in [3.05, 3.63) is 105 Å². The minimum atomic E-state index is -0.589. The van der Waals surface area contributed by atoms with E-state index in [-0.39, 0.29) is 0 Å². The van der Waals surface area contributed by atoms with Gasteiger partial charge in [0.15, 0.2) is 11.5 Å². The Bertz CT molecular complexity index is 1660. The van der Waals surface area contributed by atoms with Gasteiger partial charge in [0.05, 0.1) is 6.54 Å². The lowest BCUT2D eigenvalue weighted by Crippen LogP contribution is -2.06. The van der Waals surface area contributed by atoms with Crippen molar-refractivity contribution in [3.8, 4) is 5.75 Å².